The molecule has 0 saturated carbocycles. The first-order chi connectivity index (χ1) is 13.6. The van der Waals surface area contributed by atoms with Crippen LogP contribution in [-0.2, 0) is 19.7 Å². The molecule has 1 aromatic heterocycles. The van der Waals surface area contributed by atoms with E-state index in [9.17, 15) is 4.39 Å². The SMILES string of the molecule is COc1cc(CNCc2ccccn2)cc(Br)c1OCc1c(F)cccc1Cl. The second-order valence-corrected chi connectivity index (χ2v) is 7.28. The summed E-state index contributed by atoms with van der Waals surface area (Å²) in [6, 6.07) is 14.2. The minimum atomic E-state index is -0.405. The van der Waals surface area contributed by atoms with Crippen molar-refractivity contribution in [1.29, 1.82) is 0 Å². The topological polar surface area (TPSA) is 43.4 Å². The van der Waals surface area contributed by atoms with Crippen LogP contribution in [0.3, 0.4) is 0 Å². The lowest BCUT2D eigenvalue weighted by molar-refractivity contribution is 0.277. The normalized spacial score (nSPS) is 10.7. The molecule has 0 bridgehead atoms. The fourth-order valence-electron chi connectivity index (χ4n) is 2.67. The Morgan fingerprint density at radius 3 is 2.71 bits per heavy atom. The van der Waals surface area contributed by atoms with Crippen LogP contribution in [0.4, 0.5) is 4.39 Å². The minimum Gasteiger partial charge on any atom is -0.493 e. The number of hydrogen-bond donors (Lipinski definition) is 1. The van der Waals surface area contributed by atoms with E-state index in [2.05, 4.69) is 26.2 Å². The molecule has 0 aliphatic carbocycles. The Labute approximate surface area is 176 Å². The van der Waals surface area contributed by atoms with Gasteiger partial charge in [-0.05, 0) is 57.9 Å². The van der Waals surface area contributed by atoms with Gasteiger partial charge in [0.15, 0.2) is 11.5 Å². The molecule has 3 rings (SSSR count). The highest BCUT2D eigenvalue weighted by atomic mass is 79.9. The molecule has 0 amide bonds. The Morgan fingerprint density at radius 1 is 1.14 bits per heavy atom. The van der Waals surface area contributed by atoms with Crippen molar-refractivity contribution < 1.29 is 13.9 Å². The zero-order chi connectivity index (χ0) is 19.9. The first-order valence-corrected chi connectivity index (χ1v) is 9.78. The van der Waals surface area contributed by atoms with Crippen LogP contribution in [0, 0.1) is 5.82 Å². The molecule has 1 heterocycles. The highest BCUT2D eigenvalue weighted by Crippen LogP contribution is 2.37. The van der Waals surface area contributed by atoms with Crippen LogP contribution in [-0.4, -0.2) is 12.1 Å². The smallest absolute Gasteiger partial charge is 0.175 e. The van der Waals surface area contributed by atoms with Gasteiger partial charge in [-0.15, -0.1) is 0 Å². The van der Waals surface area contributed by atoms with Crippen molar-refractivity contribution in [3.63, 3.8) is 0 Å². The van der Waals surface area contributed by atoms with Crippen LogP contribution in [0.1, 0.15) is 16.8 Å². The summed E-state index contributed by atoms with van der Waals surface area (Å²) >= 11 is 9.58. The maximum absolute atomic E-state index is 14.0. The molecule has 7 heteroatoms. The summed E-state index contributed by atoms with van der Waals surface area (Å²) < 4.78 is 25.9. The van der Waals surface area contributed by atoms with E-state index in [0.717, 1.165) is 11.3 Å². The van der Waals surface area contributed by atoms with Gasteiger partial charge in [-0.2, -0.15) is 0 Å². The molecule has 0 saturated heterocycles. The van der Waals surface area contributed by atoms with Gasteiger partial charge in [-0.25, -0.2) is 4.39 Å². The molecule has 0 unspecified atom stereocenters. The average Bonchev–Trinajstić information content (AvgIpc) is 2.69. The van der Waals surface area contributed by atoms with E-state index in [1.165, 1.54) is 6.07 Å². The van der Waals surface area contributed by atoms with Gasteiger partial charge in [0.05, 0.1) is 22.3 Å². The molecular weight excluding hydrogens is 447 g/mol. The molecule has 4 nitrogen and oxygen atoms in total. The summed E-state index contributed by atoms with van der Waals surface area (Å²) in [5, 5.41) is 3.67. The summed E-state index contributed by atoms with van der Waals surface area (Å²) in [4.78, 5) is 4.28. The lowest BCUT2D eigenvalue weighted by Crippen LogP contribution is -2.13. The molecule has 1 N–H and O–H groups in total. The molecule has 28 heavy (non-hydrogen) atoms. The minimum absolute atomic E-state index is 0.00224. The van der Waals surface area contributed by atoms with Crippen LogP contribution in [0.25, 0.3) is 0 Å². The molecular formula is C21H19BrClFN2O2. The van der Waals surface area contributed by atoms with Crippen molar-refractivity contribution in [2.75, 3.05) is 7.11 Å². The lowest BCUT2D eigenvalue weighted by atomic mass is 10.2. The van der Waals surface area contributed by atoms with Crippen molar-refractivity contribution in [3.05, 3.63) is 86.9 Å². The van der Waals surface area contributed by atoms with Crippen molar-refractivity contribution in [3.8, 4) is 11.5 Å². The number of nitrogens with zero attached hydrogens (tertiary/aromatic N) is 1. The number of nitrogens with one attached hydrogen (secondary N) is 1. The Balaban J connectivity index is 1.69. The van der Waals surface area contributed by atoms with Crippen LogP contribution in [0.5, 0.6) is 11.5 Å². The summed E-state index contributed by atoms with van der Waals surface area (Å²) in [5.74, 6) is 0.643. The van der Waals surface area contributed by atoms with Gasteiger partial charge in [0.2, 0.25) is 0 Å². The van der Waals surface area contributed by atoms with Crippen LogP contribution >= 0.6 is 27.5 Å². The average molecular weight is 466 g/mol. The fourth-order valence-corrected chi connectivity index (χ4v) is 3.49. The highest BCUT2D eigenvalue weighted by Gasteiger charge is 2.14. The van der Waals surface area contributed by atoms with Gasteiger partial charge in [0, 0.05) is 24.8 Å². The second-order valence-electron chi connectivity index (χ2n) is 6.02. The molecule has 2 aromatic carbocycles. The first-order valence-electron chi connectivity index (χ1n) is 8.61. The predicted molar refractivity (Wildman–Crippen MR) is 111 cm³/mol. The van der Waals surface area contributed by atoms with E-state index in [1.807, 2.05) is 30.3 Å². The second kappa shape index (κ2) is 9.87. The molecule has 0 radical (unpaired) electrons. The van der Waals surface area contributed by atoms with Crippen LogP contribution in [0.15, 0.2) is 59.2 Å². The Morgan fingerprint density at radius 2 is 2.00 bits per heavy atom. The molecule has 0 atom stereocenters. The number of hydrogen-bond acceptors (Lipinski definition) is 4. The molecule has 3 aromatic rings. The maximum Gasteiger partial charge on any atom is 0.175 e. The van der Waals surface area contributed by atoms with Crippen molar-refractivity contribution in [1.82, 2.24) is 10.3 Å². The predicted octanol–water partition coefficient (Wildman–Crippen LogP) is 5.51. The van der Waals surface area contributed by atoms with Gasteiger partial charge in [-0.3, -0.25) is 4.98 Å². The fraction of sp³-hybridized carbons (Fsp3) is 0.190. The first kappa shape index (κ1) is 20.6. The lowest BCUT2D eigenvalue weighted by Gasteiger charge is -2.15. The van der Waals surface area contributed by atoms with Crippen LogP contribution in [0.2, 0.25) is 5.02 Å². The zero-order valence-corrected chi connectivity index (χ0v) is 17.6. The standard InChI is InChI=1S/C21H19BrClFN2O2/c1-27-20-10-14(11-25-12-15-5-2-3-8-26-15)9-17(22)21(20)28-13-16-18(23)6-4-7-19(16)24/h2-10,25H,11-13H2,1H3. The van der Waals surface area contributed by atoms with E-state index < -0.39 is 5.82 Å². The van der Waals surface area contributed by atoms with E-state index in [4.69, 9.17) is 21.1 Å². The summed E-state index contributed by atoms with van der Waals surface area (Å²) in [6.07, 6.45) is 1.77. The Hall–Kier alpha value is -2.15. The molecule has 146 valence electrons. The van der Waals surface area contributed by atoms with E-state index in [1.54, 1.807) is 25.4 Å². The molecule has 0 aliphatic rings. The van der Waals surface area contributed by atoms with Gasteiger partial charge in [0.1, 0.15) is 12.4 Å². The quantitative estimate of drug-likeness (QED) is 0.476. The van der Waals surface area contributed by atoms with Crippen molar-refractivity contribution in [2.24, 2.45) is 0 Å². The molecule has 0 aliphatic heterocycles. The van der Waals surface area contributed by atoms with Gasteiger partial charge in [0.25, 0.3) is 0 Å². The van der Waals surface area contributed by atoms with Crippen molar-refractivity contribution in [2.45, 2.75) is 19.7 Å². The number of halogens is 3. The largest absolute Gasteiger partial charge is 0.493 e. The van der Waals surface area contributed by atoms with Gasteiger partial charge in [-0.1, -0.05) is 23.7 Å². The van der Waals surface area contributed by atoms with E-state index in [0.29, 0.717) is 39.6 Å². The van der Waals surface area contributed by atoms with E-state index >= 15 is 0 Å². The zero-order valence-electron chi connectivity index (χ0n) is 15.2. The number of methoxy groups -OCH3 is 1. The summed E-state index contributed by atoms with van der Waals surface area (Å²) in [6.45, 7) is 1.29. The van der Waals surface area contributed by atoms with Crippen molar-refractivity contribution >= 4 is 27.5 Å². The molecule has 0 fully saturated rings. The maximum atomic E-state index is 14.0. The third-order valence-corrected chi connectivity index (χ3v) is 5.02. The van der Waals surface area contributed by atoms with Gasteiger partial charge < -0.3 is 14.8 Å². The molecule has 0 spiro atoms. The Kier molecular flexibility index (Phi) is 7.25. The van der Waals surface area contributed by atoms with Crippen LogP contribution < -0.4 is 14.8 Å². The highest BCUT2D eigenvalue weighted by molar-refractivity contribution is 9.10. The Bertz CT molecular complexity index is 921. The van der Waals surface area contributed by atoms with E-state index in [-0.39, 0.29) is 6.61 Å². The monoisotopic (exact) mass is 464 g/mol. The number of pyridine rings is 1. The third-order valence-electron chi connectivity index (χ3n) is 4.07. The number of ether oxygens (including phenoxy) is 2. The summed E-state index contributed by atoms with van der Waals surface area (Å²) in [7, 11) is 1.57. The number of rotatable bonds is 8. The number of aromatic nitrogens is 1. The third kappa shape index (κ3) is 5.22. The number of benzene rings is 2. The van der Waals surface area contributed by atoms with Gasteiger partial charge >= 0.3 is 0 Å². The summed E-state index contributed by atoms with van der Waals surface area (Å²) in [5.41, 5.74) is 2.28.